The van der Waals surface area contributed by atoms with Crippen molar-refractivity contribution in [3.8, 4) is 10.6 Å². The highest BCUT2D eigenvalue weighted by Crippen LogP contribution is 2.32. The van der Waals surface area contributed by atoms with Crippen molar-refractivity contribution in [1.29, 1.82) is 0 Å². The lowest BCUT2D eigenvalue weighted by Gasteiger charge is -2.05. The number of pyridine rings is 1. The van der Waals surface area contributed by atoms with Crippen LogP contribution in [0.1, 0.15) is 60.5 Å². The highest BCUT2D eigenvalue weighted by Gasteiger charge is 2.04. The van der Waals surface area contributed by atoms with Gasteiger partial charge < -0.3 is 0 Å². The summed E-state index contributed by atoms with van der Waals surface area (Å²) < 4.78 is 1.32. The minimum atomic E-state index is 0.852. The third-order valence-corrected chi connectivity index (χ3v) is 6.11. The second kappa shape index (κ2) is 13.2. The molecule has 0 saturated carbocycles. The lowest BCUT2D eigenvalue weighted by atomic mass is 10.0. The Morgan fingerprint density at radius 3 is 2.10 bits per heavy atom. The zero-order valence-corrected chi connectivity index (χ0v) is 20.9. The molecule has 0 aliphatic heterocycles. The first-order chi connectivity index (χ1) is 14.1. The first-order valence-corrected chi connectivity index (χ1v) is 11.7. The van der Waals surface area contributed by atoms with Crippen LogP contribution < -0.4 is 0 Å². The predicted molar refractivity (Wildman–Crippen MR) is 138 cm³/mol. The summed E-state index contributed by atoms with van der Waals surface area (Å²) in [6, 6.07) is 14.8. The molecule has 0 unspecified atom stereocenters. The Morgan fingerprint density at radius 1 is 1.03 bits per heavy atom. The van der Waals surface area contributed by atoms with Gasteiger partial charge in [0.25, 0.3) is 0 Å². The van der Waals surface area contributed by atoms with Gasteiger partial charge in [-0.05, 0) is 68.2 Å². The van der Waals surface area contributed by atoms with Crippen molar-refractivity contribution in [3.05, 3.63) is 78.0 Å². The number of nitrogens with zero attached hydrogens (tertiary/aromatic N) is 1. The molecule has 1 aromatic carbocycles. The van der Waals surface area contributed by atoms with Gasteiger partial charge in [-0.25, -0.2) is 0 Å². The van der Waals surface area contributed by atoms with E-state index in [4.69, 9.17) is 0 Å². The average molecular weight is 422 g/mol. The van der Waals surface area contributed by atoms with Crippen LogP contribution >= 0.6 is 11.3 Å². The lowest BCUT2D eigenvalue weighted by molar-refractivity contribution is 0.457. The number of allylic oxidation sites excluding steroid dienone is 3. The number of hydrogen-bond acceptors (Lipinski definition) is 2. The van der Waals surface area contributed by atoms with Gasteiger partial charge in [-0.1, -0.05) is 82.7 Å². The maximum atomic E-state index is 4.45. The highest BCUT2D eigenvalue weighted by molar-refractivity contribution is 7.22. The van der Waals surface area contributed by atoms with Crippen LogP contribution in [0.15, 0.2) is 72.5 Å². The van der Waals surface area contributed by atoms with Crippen molar-refractivity contribution in [3.63, 3.8) is 0 Å². The molecule has 162 valence electrons. The van der Waals surface area contributed by atoms with Gasteiger partial charge in [0, 0.05) is 10.9 Å². The molecule has 2 heterocycles. The summed E-state index contributed by atoms with van der Waals surface area (Å²) in [4.78, 5) is 5.69. The zero-order chi connectivity index (χ0) is 22.7. The number of aromatic nitrogens is 1. The quantitative estimate of drug-likeness (QED) is 0.382. The molecule has 1 nitrogen and oxygen atoms in total. The molecule has 3 aromatic rings. The molecule has 0 atom stereocenters. The van der Waals surface area contributed by atoms with Crippen LogP contribution in [-0.4, -0.2) is 4.98 Å². The molecule has 0 spiro atoms. The Hall–Kier alpha value is -2.19. The third-order valence-electron chi connectivity index (χ3n) is 4.97. The molecule has 0 radical (unpaired) electrons. The fourth-order valence-corrected chi connectivity index (χ4v) is 3.28. The van der Waals surface area contributed by atoms with Crippen LogP contribution in [0.5, 0.6) is 0 Å². The minimum absolute atomic E-state index is 0.852. The molecule has 0 aliphatic rings. The van der Waals surface area contributed by atoms with Gasteiger partial charge in [0.05, 0.1) is 10.6 Å². The van der Waals surface area contributed by atoms with Crippen LogP contribution in [0.25, 0.3) is 20.7 Å². The Labute approximate surface area is 188 Å². The second-order valence-electron chi connectivity index (χ2n) is 8.55. The number of thiophene rings is 1. The molecule has 0 fully saturated rings. The Bertz CT molecular complexity index is 888. The number of benzene rings is 1. The first-order valence-electron chi connectivity index (χ1n) is 10.9. The molecule has 0 amide bonds. The Morgan fingerprint density at radius 2 is 1.67 bits per heavy atom. The molecule has 0 bridgehead atoms. The van der Waals surface area contributed by atoms with Crippen molar-refractivity contribution in [2.24, 2.45) is 11.8 Å². The van der Waals surface area contributed by atoms with Gasteiger partial charge in [-0.15, -0.1) is 11.3 Å². The number of rotatable bonds is 4. The van der Waals surface area contributed by atoms with E-state index in [0.717, 1.165) is 29.5 Å². The molecule has 0 saturated heterocycles. The molecule has 3 rings (SSSR count). The third kappa shape index (κ3) is 9.54. The number of fused-ring (bicyclic) bond motifs is 1. The van der Waals surface area contributed by atoms with Gasteiger partial charge >= 0.3 is 0 Å². The molecule has 2 aromatic heterocycles. The van der Waals surface area contributed by atoms with Crippen LogP contribution in [-0.2, 0) is 0 Å². The van der Waals surface area contributed by atoms with Crippen molar-refractivity contribution in [2.75, 3.05) is 0 Å². The van der Waals surface area contributed by atoms with E-state index in [1.807, 2.05) is 13.1 Å². The van der Waals surface area contributed by atoms with Gasteiger partial charge in [-0.2, -0.15) is 0 Å². The summed E-state index contributed by atoms with van der Waals surface area (Å²) in [6.45, 7) is 21.1. The van der Waals surface area contributed by atoms with Gasteiger partial charge in [0.2, 0.25) is 0 Å². The average Bonchev–Trinajstić information content (AvgIpc) is 3.13. The standard InChI is InChI=1S/C14H11NS.C8H14.C6H14/c1-10-6-7-12(15-9-10)14-8-11-4-2-3-5-13(11)16-14;1-5-8(4)6-7(2)3;1-5(2)6(3)4/h2-9H,1H3;6H,2,5H2,1,3-4H3;5-6H,1-4H3/b;8-6-;. The summed E-state index contributed by atoms with van der Waals surface area (Å²) in [6.07, 6.45) is 5.16. The summed E-state index contributed by atoms with van der Waals surface area (Å²) >= 11 is 1.79. The second-order valence-corrected chi connectivity index (χ2v) is 9.63. The SMILES string of the molecule is C=C(C)/C=C(/C)CC.CC(C)C(C)C.Cc1ccc(-c2cc3ccccc3s2)nc1. The van der Waals surface area contributed by atoms with E-state index < -0.39 is 0 Å². The maximum absolute atomic E-state index is 4.45. The molecule has 2 heteroatoms. The molecule has 30 heavy (non-hydrogen) atoms. The zero-order valence-electron chi connectivity index (χ0n) is 20.1. The van der Waals surface area contributed by atoms with Gasteiger partial charge in [0.1, 0.15) is 0 Å². The topological polar surface area (TPSA) is 12.9 Å². The fraction of sp³-hybridized carbons (Fsp3) is 0.393. The monoisotopic (exact) mass is 421 g/mol. The largest absolute Gasteiger partial charge is 0.255 e. The van der Waals surface area contributed by atoms with Crippen molar-refractivity contribution in [1.82, 2.24) is 4.98 Å². The summed E-state index contributed by atoms with van der Waals surface area (Å²) in [5.74, 6) is 1.70. The Balaban J connectivity index is 0.000000272. The summed E-state index contributed by atoms with van der Waals surface area (Å²) in [5, 5.41) is 1.30. The van der Waals surface area contributed by atoms with Crippen LogP contribution in [0.3, 0.4) is 0 Å². The van der Waals surface area contributed by atoms with Crippen LogP contribution in [0, 0.1) is 18.8 Å². The molecule has 0 N–H and O–H groups in total. The molecular formula is C28H39NS. The minimum Gasteiger partial charge on any atom is -0.255 e. The predicted octanol–water partition coefficient (Wildman–Crippen LogP) is 9.49. The highest BCUT2D eigenvalue weighted by atomic mass is 32.1. The van der Waals surface area contributed by atoms with Crippen molar-refractivity contribution < 1.29 is 0 Å². The van der Waals surface area contributed by atoms with E-state index in [-0.39, 0.29) is 0 Å². The van der Waals surface area contributed by atoms with Crippen LogP contribution in [0.2, 0.25) is 0 Å². The molecule has 0 aliphatic carbocycles. The van der Waals surface area contributed by atoms with E-state index in [9.17, 15) is 0 Å². The van der Waals surface area contributed by atoms with Gasteiger partial charge in [0.15, 0.2) is 0 Å². The molecular weight excluding hydrogens is 382 g/mol. The maximum Gasteiger partial charge on any atom is 0.0802 e. The van der Waals surface area contributed by atoms with E-state index in [1.54, 1.807) is 11.3 Å². The first kappa shape index (κ1) is 25.8. The van der Waals surface area contributed by atoms with Crippen molar-refractivity contribution in [2.45, 2.75) is 61.8 Å². The summed E-state index contributed by atoms with van der Waals surface area (Å²) in [5.41, 5.74) is 4.80. The van der Waals surface area contributed by atoms with Gasteiger partial charge in [-0.3, -0.25) is 4.98 Å². The van der Waals surface area contributed by atoms with E-state index in [1.165, 1.54) is 26.1 Å². The smallest absolute Gasteiger partial charge is 0.0802 e. The normalized spacial score (nSPS) is 11.1. The van der Waals surface area contributed by atoms with Crippen molar-refractivity contribution >= 4 is 21.4 Å². The lowest BCUT2D eigenvalue weighted by Crippen LogP contribution is -1.95. The summed E-state index contributed by atoms with van der Waals surface area (Å²) in [7, 11) is 0. The van der Waals surface area contributed by atoms with Crippen LogP contribution in [0.4, 0.5) is 0 Å². The van der Waals surface area contributed by atoms with E-state index in [2.05, 4.69) is 109 Å². The number of hydrogen-bond donors (Lipinski definition) is 0. The van der Waals surface area contributed by atoms with E-state index in [0.29, 0.717) is 0 Å². The number of aryl methyl sites for hydroxylation is 1. The van der Waals surface area contributed by atoms with E-state index >= 15 is 0 Å². The fourth-order valence-electron chi connectivity index (χ4n) is 2.24. The Kier molecular flexibility index (Phi) is 11.4.